The van der Waals surface area contributed by atoms with E-state index in [4.69, 9.17) is 0 Å². The summed E-state index contributed by atoms with van der Waals surface area (Å²) in [6.45, 7) is 4.06. The van der Waals surface area contributed by atoms with Crippen LogP contribution >= 0.6 is 0 Å². The number of hydrogen-bond donors (Lipinski definition) is 1. The number of benzene rings is 1. The van der Waals surface area contributed by atoms with E-state index in [0.717, 1.165) is 12.0 Å². The van der Waals surface area contributed by atoms with Crippen molar-refractivity contribution >= 4 is 11.5 Å². The van der Waals surface area contributed by atoms with Gasteiger partial charge in [-0.1, -0.05) is 36.8 Å². The highest BCUT2D eigenvalue weighted by atomic mass is 16.6. The van der Waals surface area contributed by atoms with Gasteiger partial charge in [0.25, 0.3) is 0 Å². The van der Waals surface area contributed by atoms with Gasteiger partial charge in [0, 0.05) is 12.3 Å². The minimum absolute atomic E-state index is 0.00179. The largest absolute Gasteiger partial charge is 0.358 e. The maximum Gasteiger partial charge on any atom is 0.311 e. The Morgan fingerprint density at radius 1 is 1.30 bits per heavy atom. The van der Waals surface area contributed by atoms with E-state index in [1.807, 2.05) is 38.1 Å². The summed E-state index contributed by atoms with van der Waals surface area (Å²) in [5.41, 5.74) is 2.28. The van der Waals surface area contributed by atoms with Crippen molar-refractivity contribution in [3.63, 3.8) is 0 Å². The zero-order chi connectivity index (χ0) is 14.5. The molecule has 0 unspecified atom stereocenters. The van der Waals surface area contributed by atoms with Gasteiger partial charge in [0.1, 0.15) is 0 Å². The fraction of sp³-hybridized carbons (Fsp3) is 0.267. The van der Waals surface area contributed by atoms with Crippen molar-refractivity contribution in [1.29, 1.82) is 0 Å². The van der Waals surface area contributed by atoms with E-state index in [1.165, 1.54) is 11.6 Å². The summed E-state index contributed by atoms with van der Waals surface area (Å²) in [7, 11) is 0. The molecule has 1 atom stereocenters. The molecular formula is C15H17N3O2. The van der Waals surface area contributed by atoms with Crippen molar-refractivity contribution in [3.8, 4) is 0 Å². The molecule has 5 heteroatoms. The number of aromatic nitrogens is 1. The molecule has 5 nitrogen and oxygen atoms in total. The third-order valence-corrected chi connectivity index (χ3v) is 3.18. The lowest BCUT2D eigenvalue weighted by Gasteiger charge is -2.18. The number of nitrogens with zero attached hydrogens (tertiary/aromatic N) is 2. The first-order valence-electron chi connectivity index (χ1n) is 6.54. The molecule has 2 rings (SSSR count). The fourth-order valence-electron chi connectivity index (χ4n) is 2.04. The highest BCUT2D eigenvalue weighted by Gasteiger charge is 2.18. The van der Waals surface area contributed by atoms with Crippen molar-refractivity contribution in [2.75, 3.05) is 5.32 Å². The molecule has 2 aromatic rings. The van der Waals surface area contributed by atoms with Crippen molar-refractivity contribution in [2.24, 2.45) is 0 Å². The Morgan fingerprint density at radius 3 is 2.60 bits per heavy atom. The van der Waals surface area contributed by atoms with E-state index in [-0.39, 0.29) is 11.7 Å². The van der Waals surface area contributed by atoms with Crippen LogP contribution in [0, 0.1) is 17.0 Å². The molecule has 20 heavy (non-hydrogen) atoms. The molecule has 104 valence electrons. The lowest BCUT2D eigenvalue weighted by molar-refractivity contribution is -0.384. The second kappa shape index (κ2) is 6.14. The molecule has 1 aromatic carbocycles. The zero-order valence-electron chi connectivity index (χ0n) is 11.5. The molecule has 0 fully saturated rings. The van der Waals surface area contributed by atoms with Gasteiger partial charge in [-0.25, -0.2) is 4.98 Å². The first-order valence-corrected chi connectivity index (χ1v) is 6.54. The molecular weight excluding hydrogens is 254 g/mol. The van der Waals surface area contributed by atoms with Crippen LogP contribution in [0.25, 0.3) is 0 Å². The number of aryl methyl sites for hydroxylation is 1. The Balaban J connectivity index is 2.27. The van der Waals surface area contributed by atoms with Crippen LogP contribution in [0.2, 0.25) is 0 Å². The molecule has 1 aromatic heterocycles. The Morgan fingerprint density at radius 2 is 2.00 bits per heavy atom. The third kappa shape index (κ3) is 3.12. The molecule has 0 spiro atoms. The predicted molar refractivity (Wildman–Crippen MR) is 78.7 cm³/mol. The SMILES string of the molecule is CC[C@H](Nc1ncccc1[N+](=O)[O-])c1ccc(C)cc1. The molecule has 0 saturated heterocycles. The molecule has 0 aliphatic rings. The quantitative estimate of drug-likeness (QED) is 0.662. The van der Waals surface area contributed by atoms with Crippen LogP contribution in [0.15, 0.2) is 42.6 Å². The topological polar surface area (TPSA) is 68.1 Å². The van der Waals surface area contributed by atoms with E-state index in [2.05, 4.69) is 10.3 Å². The minimum Gasteiger partial charge on any atom is -0.358 e. The van der Waals surface area contributed by atoms with Crippen molar-refractivity contribution < 1.29 is 4.92 Å². The van der Waals surface area contributed by atoms with E-state index in [9.17, 15) is 10.1 Å². The summed E-state index contributed by atoms with van der Waals surface area (Å²) in [5, 5.41) is 14.2. The van der Waals surface area contributed by atoms with Gasteiger partial charge in [0.15, 0.2) is 0 Å². The standard InChI is InChI=1S/C15H17N3O2/c1-3-13(12-8-6-11(2)7-9-12)17-15-14(18(19)20)5-4-10-16-15/h4-10,13H,3H2,1-2H3,(H,16,17)/t13-/m0/s1. The van der Waals surface area contributed by atoms with E-state index >= 15 is 0 Å². The lowest BCUT2D eigenvalue weighted by Crippen LogP contribution is -2.12. The van der Waals surface area contributed by atoms with Gasteiger partial charge >= 0.3 is 5.69 Å². The highest BCUT2D eigenvalue weighted by molar-refractivity contribution is 5.56. The second-order valence-corrected chi connectivity index (χ2v) is 4.64. The van der Waals surface area contributed by atoms with Crippen molar-refractivity contribution in [1.82, 2.24) is 4.98 Å². The van der Waals surface area contributed by atoms with Gasteiger partial charge in [-0.3, -0.25) is 10.1 Å². The van der Waals surface area contributed by atoms with Gasteiger partial charge in [0.05, 0.1) is 11.0 Å². The molecule has 0 saturated carbocycles. The Kier molecular flexibility index (Phi) is 4.30. The summed E-state index contributed by atoms with van der Waals surface area (Å²) in [4.78, 5) is 14.7. The van der Waals surface area contributed by atoms with Crippen LogP contribution in [-0.4, -0.2) is 9.91 Å². The highest BCUT2D eigenvalue weighted by Crippen LogP contribution is 2.27. The van der Waals surface area contributed by atoms with Gasteiger partial charge in [-0.15, -0.1) is 0 Å². The number of rotatable bonds is 5. The fourth-order valence-corrected chi connectivity index (χ4v) is 2.04. The van der Waals surface area contributed by atoms with Crippen LogP contribution in [0.1, 0.15) is 30.5 Å². The smallest absolute Gasteiger partial charge is 0.311 e. The van der Waals surface area contributed by atoms with E-state index in [1.54, 1.807) is 12.3 Å². The van der Waals surface area contributed by atoms with Crippen LogP contribution < -0.4 is 5.32 Å². The first kappa shape index (κ1) is 14.0. The number of nitrogens with one attached hydrogen (secondary N) is 1. The van der Waals surface area contributed by atoms with Gasteiger partial charge < -0.3 is 5.32 Å². The average Bonchev–Trinajstić information content (AvgIpc) is 2.46. The molecule has 0 bridgehead atoms. The third-order valence-electron chi connectivity index (χ3n) is 3.18. The van der Waals surface area contributed by atoms with E-state index in [0.29, 0.717) is 5.82 Å². The molecule has 0 radical (unpaired) electrons. The van der Waals surface area contributed by atoms with Crippen molar-refractivity contribution in [3.05, 3.63) is 63.8 Å². The van der Waals surface area contributed by atoms with Crippen LogP contribution in [-0.2, 0) is 0 Å². The first-order chi connectivity index (χ1) is 9.61. The van der Waals surface area contributed by atoms with Crippen molar-refractivity contribution in [2.45, 2.75) is 26.3 Å². The molecule has 1 N–H and O–H groups in total. The summed E-state index contributed by atoms with van der Waals surface area (Å²) < 4.78 is 0. The summed E-state index contributed by atoms with van der Waals surface area (Å²) in [6.07, 6.45) is 2.37. The lowest BCUT2D eigenvalue weighted by atomic mass is 10.0. The summed E-state index contributed by atoms with van der Waals surface area (Å²) >= 11 is 0. The number of anilines is 1. The zero-order valence-corrected chi connectivity index (χ0v) is 11.5. The number of nitro groups is 1. The average molecular weight is 271 g/mol. The Bertz CT molecular complexity index is 596. The van der Waals surface area contributed by atoms with Crippen LogP contribution in [0.5, 0.6) is 0 Å². The molecule has 0 aliphatic heterocycles. The van der Waals surface area contributed by atoms with Gasteiger partial charge in [-0.05, 0) is 25.0 Å². The van der Waals surface area contributed by atoms with E-state index < -0.39 is 4.92 Å². The number of hydrogen-bond acceptors (Lipinski definition) is 4. The summed E-state index contributed by atoms with van der Waals surface area (Å²) in [5.74, 6) is 0.310. The number of pyridine rings is 1. The van der Waals surface area contributed by atoms with Gasteiger partial charge in [-0.2, -0.15) is 0 Å². The Labute approximate surface area is 117 Å². The Hall–Kier alpha value is -2.43. The molecule has 0 amide bonds. The van der Waals surface area contributed by atoms with Gasteiger partial charge in [0.2, 0.25) is 5.82 Å². The normalized spacial score (nSPS) is 11.9. The van der Waals surface area contributed by atoms with Crippen LogP contribution in [0.3, 0.4) is 0 Å². The van der Waals surface area contributed by atoms with Crippen LogP contribution in [0.4, 0.5) is 11.5 Å². The predicted octanol–water partition coefficient (Wildman–Crippen LogP) is 3.86. The monoisotopic (exact) mass is 271 g/mol. The summed E-state index contributed by atoms with van der Waals surface area (Å²) in [6, 6.07) is 11.2. The maximum atomic E-state index is 11.0. The molecule has 0 aliphatic carbocycles. The molecule has 1 heterocycles. The minimum atomic E-state index is -0.419. The maximum absolute atomic E-state index is 11.0. The second-order valence-electron chi connectivity index (χ2n) is 4.64.